The van der Waals surface area contributed by atoms with E-state index in [0.29, 0.717) is 23.1 Å². The number of carbonyl (C=O) groups excluding carboxylic acids is 1. The van der Waals surface area contributed by atoms with E-state index in [1.807, 2.05) is 61.5 Å². The number of carbonyl (C=O) groups is 1. The molecule has 0 saturated carbocycles. The normalized spacial score (nSPS) is 15.3. The molecule has 1 amide bonds. The summed E-state index contributed by atoms with van der Waals surface area (Å²) < 4.78 is 13.1. The van der Waals surface area contributed by atoms with Gasteiger partial charge in [-0.05, 0) is 37.3 Å². The Labute approximate surface area is 166 Å². The van der Waals surface area contributed by atoms with Crippen molar-refractivity contribution in [2.45, 2.75) is 13.0 Å². The maximum Gasteiger partial charge on any atom is 0.270 e. The van der Waals surface area contributed by atoms with Crippen LogP contribution in [0.5, 0.6) is 11.5 Å². The van der Waals surface area contributed by atoms with Crippen LogP contribution in [-0.2, 0) is 4.79 Å². The van der Waals surface area contributed by atoms with Gasteiger partial charge in [0.25, 0.3) is 5.91 Å². The Morgan fingerprint density at radius 2 is 1.86 bits per heavy atom. The lowest BCUT2D eigenvalue weighted by Gasteiger charge is -2.25. The number of hydrogen-bond donors (Lipinski definition) is 1. The molecule has 0 spiro atoms. The Morgan fingerprint density at radius 3 is 2.76 bits per heavy atom. The zero-order valence-electron chi connectivity index (χ0n) is 15.7. The lowest BCUT2D eigenvalue weighted by molar-refractivity contribution is -0.125. The number of aromatic nitrogens is 3. The summed E-state index contributed by atoms with van der Waals surface area (Å²) in [5.41, 5.74) is 1.62. The first-order valence-electron chi connectivity index (χ1n) is 9.29. The van der Waals surface area contributed by atoms with Gasteiger partial charge >= 0.3 is 0 Å². The van der Waals surface area contributed by atoms with E-state index in [1.165, 1.54) is 0 Å². The predicted octanol–water partition coefficient (Wildman–Crippen LogP) is 3.51. The molecule has 3 heterocycles. The first-order valence-corrected chi connectivity index (χ1v) is 9.29. The van der Waals surface area contributed by atoms with Gasteiger partial charge in [-0.15, -0.1) is 0 Å². The summed E-state index contributed by atoms with van der Waals surface area (Å²) in [6.45, 7) is 2.01. The van der Waals surface area contributed by atoms with E-state index in [1.54, 1.807) is 16.8 Å². The van der Waals surface area contributed by atoms with Gasteiger partial charge in [-0.2, -0.15) is 9.78 Å². The molecule has 0 bridgehead atoms. The van der Waals surface area contributed by atoms with Gasteiger partial charge in [0.05, 0.1) is 11.2 Å². The molecule has 0 fully saturated rings. The number of rotatable bonds is 3. The Hall–Kier alpha value is -3.87. The Kier molecular flexibility index (Phi) is 4.13. The highest BCUT2D eigenvalue weighted by Gasteiger charge is 2.28. The van der Waals surface area contributed by atoms with Crippen LogP contribution in [0.15, 0.2) is 66.7 Å². The molecule has 29 heavy (non-hydrogen) atoms. The average Bonchev–Trinajstić information content (AvgIpc) is 3.13. The largest absolute Gasteiger partial charge is 0.485 e. The smallest absolute Gasteiger partial charge is 0.270 e. The third kappa shape index (κ3) is 3.27. The quantitative estimate of drug-likeness (QED) is 0.583. The molecule has 5 rings (SSSR count). The van der Waals surface area contributed by atoms with Crippen molar-refractivity contribution in [3.63, 3.8) is 0 Å². The van der Waals surface area contributed by atoms with Crippen LogP contribution < -0.4 is 14.8 Å². The molecule has 4 aromatic rings. The number of aryl methyl sites for hydroxylation is 1. The highest BCUT2D eigenvalue weighted by atomic mass is 16.6. The third-order valence-electron chi connectivity index (χ3n) is 4.68. The predicted molar refractivity (Wildman–Crippen MR) is 109 cm³/mol. The lowest BCUT2D eigenvalue weighted by atomic mass is 10.2. The van der Waals surface area contributed by atoms with Gasteiger partial charge < -0.3 is 14.8 Å². The van der Waals surface area contributed by atoms with Crippen LogP contribution in [0.25, 0.3) is 16.7 Å². The van der Waals surface area contributed by atoms with Gasteiger partial charge in [0.1, 0.15) is 12.4 Å². The maximum atomic E-state index is 12.8. The molecule has 0 saturated heterocycles. The van der Waals surface area contributed by atoms with Crippen molar-refractivity contribution in [3.05, 3.63) is 72.4 Å². The molecule has 1 unspecified atom stereocenters. The van der Waals surface area contributed by atoms with Crippen molar-refractivity contribution in [2.75, 3.05) is 11.9 Å². The Balaban J connectivity index is 1.41. The standard InChI is InChI=1S/C22H18N4O3/c1-14-12-21(24-22(27)19-13-28-17-8-4-5-9-18(17)29-19)26(25-14)20-11-10-15-6-2-3-7-16(15)23-20/h2-12,19H,13H2,1H3,(H,24,27). The van der Waals surface area contributed by atoms with Gasteiger partial charge in [0.2, 0.25) is 6.10 Å². The fourth-order valence-electron chi connectivity index (χ4n) is 3.29. The molecule has 2 aromatic carbocycles. The van der Waals surface area contributed by atoms with Gasteiger partial charge in [-0.3, -0.25) is 4.79 Å². The highest BCUT2D eigenvalue weighted by Crippen LogP contribution is 2.31. The summed E-state index contributed by atoms with van der Waals surface area (Å²) in [7, 11) is 0. The fraction of sp³-hybridized carbons (Fsp3) is 0.136. The number of nitrogens with one attached hydrogen (secondary N) is 1. The fourth-order valence-corrected chi connectivity index (χ4v) is 3.29. The van der Waals surface area contributed by atoms with Gasteiger partial charge in [-0.25, -0.2) is 4.98 Å². The SMILES string of the molecule is Cc1cc(NC(=O)C2COc3ccccc3O2)n(-c2ccc3ccccc3n2)n1. The zero-order chi connectivity index (χ0) is 19.8. The zero-order valence-corrected chi connectivity index (χ0v) is 15.7. The summed E-state index contributed by atoms with van der Waals surface area (Å²) in [5.74, 6) is 2.04. The molecule has 0 radical (unpaired) electrons. The summed E-state index contributed by atoms with van der Waals surface area (Å²) in [5, 5.41) is 8.42. The van der Waals surface area contributed by atoms with Crippen molar-refractivity contribution in [2.24, 2.45) is 0 Å². The van der Waals surface area contributed by atoms with E-state index >= 15 is 0 Å². The molecule has 1 atom stereocenters. The average molecular weight is 386 g/mol. The highest BCUT2D eigenvalue weighted by molar-refractivity contribution is 5.94. The molecule has 0 aliphatic carbocycles. The van der Waals surface area contributed by atoms with E-state index in [-0.39, 0.29) is 12.5 Å². The summed E-state index contributed by atoms with van der Waals surface area (Å²) in [4.78, 5) is 17.5. The van der Waals surface area contributed by atoms with Crippen LogP contribution >= 0.6 is 0 Å². The lowest BCUT2D eigenvalue weighted by Crippen LogP contribution is -2.40. The van der Waals surface area contributed by atoms with Crippen LogP contribution in [0.2, 0.25) is 0 Å². The van der Waals surface area contributed by atoms with E-state index in [4.69, 9.17) is 9.47 Å². The van der Waals surface area contributed by atoms with Crippen molar-refractivity contribution in [1.82, 2.24) is 14.8 Å². The monoisotopic (exact) mass is 386 g/mol. The minimum atomic E-state index is -0.752. The molecule has 2 aromatic heterocycles. The third-order valence-corrected chi connectivity index (χ3v) is 4.68. The van der Waals surface area contributed by atoms with Crippen LogP contribution in [-0.4, -0.2) is 33.4 Å². The summed E-state index contributed by atoms with van der Waals surface area (Å²) in [6, 6.07) is 20.8. The number of hydrogen-bond acceptors (Lipinski definition) is 5. The van der Waals surface area contributed by atoms with Gasteiger partial charge in [-0.1, -0.05) is 30.3 Å². The molecule has 1 N–H and O–H groups in total. The van der Waals surface area contributed by atoms with E-state index in [9.17, 15) is 4.79 Å². The number of ether oxygens (including phenoxy) is 2. The van der Waals surface area contributed by atoms with E-state index < -0.39 is 6.10 Å². The number of amides is 1. The number of fused-ring (bicyclic) bond motifs is 2. The molecule has 144 valence electrons. The van der Waals surface area contributed by atoms with Crippen LogP contribution in [0.3, 0.4) is 0 Å². The second-order valence-electron chi connectivity index (χ2n) is 6.80. The first-order chi connectivity index (χ1) is 14.2. The van der Waals surface area contributed by atoms with Crippen molar-refractivity contribution >= 4 is 22.6 Å². The van der Waals surface area contributed by atoms with Gasteiger partial charge in [0.15, 0.2) is 17.3 Å². The first kappa shape index (κ1) is 17.2. The van der Waals surface area contributed by atoms with E-state index in [2.05, 4.69) is 15.4 Å². The number of benzene rings is 2. The molecule has 1 aliphatic rings. The molecule has 7 nitrogen and oxygen atoms in total. The van der Waals surface area contributed by atoms with E-state index in [0.717, 1.165) is 16.6 Å². The number of pyridine rings is 1. The Morgan fingerprint density at radius 1 is 1.07 bits per heavy atom. The van der Waals surface area contributed by atoms with Crippen LogP contribution in [0.4, 0.5) is 5.82 Å². The second-order valence-corrected chi connectivity index (χ2v) is 6.80. The summed E-state index contributed by atoms with van der Waals surface area (Å²) >= 11 is 0. The van der Waals surface area contributed by atoms with Crippen LogP contribution in [0, 0.1) is 6.92 Å². The number of nitrogens with zero attached hydrogens (tertiary/aromatic N) is 3. The summed E-state index contributed by atoms with van der Waals surface area (Å²) in [6.07, 6.45) is -0.752. The number of anilines is 1. The van der Waals surface area contributed by atoms with Crippen LogP contribution in [0.1, 0.15) is 5.69 Å². The topological polar surface area (TPSA) is 78.3 Å². The molecular weight excluding hydrogens is 368 g/mol. The van der Waals surface area contributed by atoms with Gasteiger partial charge in [0, 0.05) is 11.5 Å². The molecule has 7 heteroatoms. The minimum Gasteiger partial charge on any atom is -0.485 e. The number of para-hydroxylation sites is 3. The second kappa shape index (κ2) is 6.94. The van der Waals surface area contributed by atoms with Crippen molar-refractivity contribution < 1.29 is 14.3 Å². The van der Waals surface area contributed by atoms with Crippen molar-refractivity contribution in [1.29, 1.82) is 0 Å². The molecular formula is C22H18N4O3. The van der Waals surface area contributed by atoms with Crippen molar-refractivity contribution in [3.8, 4) is 17.3 Å². The maximum absolute atomic E-state index is 12.8. The minimum absolute atomic E-state index is 0.143. The Bertz CT molecular complexity index is 1220. The molecule has 1 aliphatic heterocycles.